The van der Waals surface area contributed by atoms with E-state index in [4.69, 9.17) is 5.73 Å². The number of nitrogens with two attached hydrogens (primary N) is 1. The highest BCUT2D eigenvalue weighted by Crippen LogP contribution is 2.25. The molecular formula is C12H25N3O. The molecule has 0 spiro atoms. The lowest BCUT2D eigenvalue weighted by atomic mass is 10.2. The minimum Gasteiger partial charge on any atom is -0.352 e. The molecular weight excluding hydrogens is 202 g/mol. The largest absolute Gasteiger partial charge is 0.352 e. The molecule has 0 atom stereocenters. The van der Waals surface area contributed by atoms with Gasteiger partial charge < -0.3 is 11.1 Å². The van der Waals surface area contributed by atoms with Gasteiger partial charge in [-0.3, -0.25) is 9.69 Å². The van der Waals surface area contributed by atoms with E-state index in [-0.39, 0.29) is 5.91 Å². The van der Waals surface area contributed by atoms with E-state index in [0.29, 0.717) is 25.2 Å². The van der Waals surface area contributed by atoms with Crippen molar-refractivity contribution in [3.8, 4) is 0 Å². The molecule has 1 aliphatic rings. The third-order valence-electron chi connectivity index (χ3n) is 3.18. The maximum Gasteiger partial charge on any atom is 0.234 e. The Balaban J connectivity index is 2.29. The average molecular weight is 227 g/mol. The van der Waals surface area contributed by atoms with Gasteiger partial charge in [-0.1, -0.05) is 13.8 Å². The smallest absolute Gasteiger partial charge is 0.234 e. The first kappa shape index (κ1) is 13.5. The monoisotopic (exact) mass is 227 g/mol. The second-order valence-corrected chi connectivity index (χ2v) is 4.57. The van der Waals surface area contributed by atoms with Gasteiger partial charge in [0.2, 0.25) is 5.91 Å². The van der Waals surface area contributed by atoms with E-state index in [1.165, 1.54) is 12.8 Å². The molecule has 3 N–H and O–H groups in total. The number of hydrogen-bond acceptors (Lipinski definition) is 3. The van der Waals surface area contributed by atoms with Gasteiger partial charge in [0.1, 0.15) is 0 Å². The summed E-state index contributed by atoms with van der Waals surface area (Å²) < 4.78 is 0. The molecule has 0 aliphatic heterocycles. The van der Waals surface area contributed by atoms with Crippen molar-refractivity contribution in [2.24, 2.45) is 5.73 Å². The number of nitrogens with zero attached hydrogens (tertiary/aromatic N) is 1. The van der Waals surface area contributed by atoms with Crippen LogP contribution in [0.25, 0.3) is 0 Å². The Hall–Kier alpha value is -0.610. The molecule has 0 bridgehead atoms. The van der Waals surface area contributed by atoms with Crippen LogP contribution in [0.3, 0.4) is 0 Å². The molecule has 0 aromatic heterocycles. The van der Waals surface area contributed by atoms with E-state index < -0.39 is 0 Å². The Morgan fingerprint density at radius 2 is 2.06 bits per heavy atom. The van der Waals surface area contributed by atoms with E-state index in [1.807, 2.05) is 0 Å². The second kappa shape index (κ2) is 6.86. The Morgan fingerprint density at radius 1 is 1.44 bits per heavy atom. The lowest BCUT2D eigenvalue weighted by Crippen LogP contribution is -2.43. The van der Waals surface area contributed by atoms with Crippen molar-refractivity contribution in [3.05, 3.63) is 0 Å². The molecule has 16 heavy (non-hydrogen) atoms. The Bertz CT molecular complexity index is 212. The zero-order valence-electron chi connectivity index (χ0n) is 10.5. The van der Waals surface area contributed by atoms with Gasteiger partial charge in [0.15, 0.2) is 0 Å². The van der Waals surface area contributed by atoms with Crippen molar-refractivity contribution in [2.75, 3.05) is 19.6 Å². The third-order valence-corrected chi connectivity index (χ3v) is 3.18. The van der Waals surface area contributed by atoms with Crippen LogP contribution in [-0.2, 0) is 4.79 Å². The molecule has 4 nitrogen and oxygen atoms in total. The first-order valence-electron chi connectivity index (χ1n) is 6.44. The SMILES string of the molecule is CCC(CC)NC(=O)CN(CCN)C1CC1. The molecule has 1 rings (SSSR count). The van der Waals surface area contributed by atoms with Crippen molar-refractivity contribution in [3.63, 3.8) is 0 Å². The summed E-state index contributed by atoms with van der Waals surface area (Å²) in [5.74, 6) is 0.147. The fraction of sp³-hybridized carbons (Fsp3) is 0.917. The molecule has 0 aromatic rings. The molecule has 0 saturated heterocycles. The molecule has 4 heteroatoms. The first-order valence-corrected chi connectivity index (χ1v) is 6.44. The summed E-state index contributed by atoms with van der Waals surface area (Å²) >= 11 is 0. The minimum atomic E-state index is 0.147. The van der Waals surface area contributed by atoms with Crippen LogP contribution in [0.15, 0.2) is 0 Å². The van der Waals surface area contributed by atoms with Crippen LogP contribution in [0.4, 0.5) is 0 Å². The van der Waals surface area contributed by atoms with Gasteiger partial charge in [0.25, 0.3) is 0 Å². The lowest BCUT2D eigenvalue weighted by molar-refractivity contribution is -0.123. The lowest BCUT2D eigenvalue weighted by Gasteiger charge is -2.22. The number of rotatable bonds is 8. The second-order valence-electron chi connectivity index (χ2n) is 4.57. The Morgan fingerprint density at radius 3 is 2.50 bits per heavy atom. The van der Waals surface area contributed by atoms with Crippen molar-refractivity contribution in [1.82, 2.24) is 10.2 Å². The number of amides is 1. The average Bonchev–Trinajstić information content (AvgIpc) is 3.09. The van der Waals surface area contributed by atoms with Crippen LogP contribution in [0.2, 0.25) is 0 Å². The van der Waals surface area contributed by atoms with E-state index in [9.17, 15) is 4.79 Å². The molecule has 0 heterocycles. The maximum absolute atomic E-state index is 11.8. The standard InChI is InChI=1S/C12H25N3O/c1-3-10(4-2)14-12(16)9-15(8-7-13)11-5-6-11/h10-11H,3-9,13H2,1-2H3,(H,14,16). The fourth-order valence-electron chi connectivity index (χ4n) is 1.95. The van der Waals surface area contributed by atoms with E-state index >= 15 is 0 Å². The zero-order chi connectivity index (χ0) is 12.0. The zero-order valence-corrected chi connectivity index (χ0v) is 10.5. The summed E-state index contributed by atoms with van der Waals surface area (Å²) in [6.07, 6.45) is 4.45. The van der Waals surface area contributed by atoms with Crippen LogP contribution < -0.4 is 11.1 Å². The Kier molecular flexibility index (Phi) is 5.77. The summed E-state index contributed by atoms with van der Waals surface area (Å²) in [6.45, 7) is 6.19. The Labute approximate surface area is 98.6 Å². The summed E-state index contributed by atoms with van der Waals surface area (Å²) in [7, 11) is 0. The van der Waals surface area contributed by atoms with Gasteiger partial charge in [-0.25, -0.2) is 0 Å². The van der Waals surface area contributed by atoms with E-state index in [0.717, 1.165) is 19.4 Å². The summed E-state index contributed by atoms with van der Waals surface area (Å²) in [5, 5.41) is 3.07. The van der Waals surface area contributed by atoms with Crippen molar-refractivity contribution < 1.29 is 4.79 Å². The molecule has 94 valence electrons. The molecule has 0 radical (unpaired) electrons. The maximum atomic E-state index is 11.8. The molecule has 1 saturated carbocycles. The minimum absolute atomic E-state index is 0.147. The third kappa shape index (κ3) is 4.49. The molecule has 1 aliphatic carbocycles. The summed E-state index contributed by atoms with van der Waals surface area (Å²) in [4.78, 5) is 14.0. The fourth-order valence-corrected chi connectivity index (χ4v) is 1.95. The van der Waals surface area contributed by atoms with Gasteiger partial charge >= 0.3 is 0 Å². The van der Waals surface area contributed by atoms with Gasteiger partial charge in [-0.2, -0.15) is 0 Å². The number of carbonyl (C=O) groups is 1. The van der Waals surface area contributed by atoms with E-state index in [1.54, 1.807) is 0 Å². The van der Waals surface area contributed by atoms with Crippen LogP contribution in [0.5, 0.6) is 0 Å². The van der Waals surface area contributed by atoms with Crippen LogP contribution >= 0.6 is 0 Å². The van der Waals surface area contributed by atoms with Crippen LogP contribution in [-0.4, -0.2) is 42.5 Å². The highest BCUT2D eigenvalue weighted by molar-refractivity contribution is 5.78. The summed E-state index contributed by atoms with van der Waals surface area (Å²) in [6, 6.07) is 0.933. The van der Waals surface area contributed by atoms with Gasteiger partial charge in [-0.05, 0) is 25.7 Å². The van der Waals surface area contributed by atoms with Crippen molar-refractivity contribution >= 4 is 5.91 Å². The quantitative estimate of drug-likeness (QED) is 0.642. The predicted molar refractivity (Wildman–Crippen MR) is 66.2 cm³/mol. The van der Waals surface area contributed by atoms with E-state index in [2.05, 4.69) is 24.1 Å². The summed E-state index contributed by atoms with van der Waals surface area (Å²) in [5.41, 5.74) is 5.55. The highest BCUT2D eigenvalue weighted by Gasteiger charge is 2.29. The van der Waals surface area contributed by atoms with Crippen molar-refractivity contribution in [1.29, 1.82) is 0 Å². The molecule has 1 fully saturated rings. The van der Waals surface area contributed by atoms with Gasteiger partial charge in [0, 0.05) is 25.2 Å². The van der Waals surface area contributed by atoms with Gasteiger partial charge in [0.05, 0.1) is 6.54 Å². The van der Waals surface area contributed by atoms with Crippen LogP contribution in [0.1, 0.15) is 39.5 Å². The number of hydrogen-bond donors (Lipinski definition) is 2. The molecule has 0 aromatic carbocycles. The first-order chi connectivity index (χ1) is 7.71. The topological polar surface area (TPSA) is 58.4 Å². The predicted octanol–water partition coefficient (Wildman–Crippen LogP) is 0.714. The normalized spacial score (nSPS) is 15.8. The number of nitrogens with one attached hydrogen (secondary N) is 1. The molecule has 1 amide bonds. The molecule has 0 unspecified atom stereocenters. The van der Waals surface area contributed by atoms with Gasteiger partial charge in [-0.15, -0.1) is 0 Å². The number of carbonyl (C=O) groups excluding carboxylic acids is 1. The van der Waals surface area contributed by atoms with Crippen LogP contribution in [0, 0.1) is 0 Å². The highest BCUT2D eigenvalue weighted by atomic mass is 16.2. The van der Waals surface area contributed by atoms with Crippen molar-refractivity contribution in [2.45, 2.75) is 51.6 Å².